The fourth-order valence-electron chi connectivity index (χ4n) is 2.57. The zero-order valence-electron chi connectivity index (χ0n) is 12.2. The minimum atomic E-state index is -0.344. The average Bonchev–Trinajstić information content (AvgIpc) is 2.74. The second-order valence-electron chi connectivity index (χ2n) is 4.82. The monoisotopic (exact) mass is 492 g/mol. The molecule has 3 aromatic rings. The topological polar surface area (TPSA) is 48.0 Å². The van der Waals surface area contributed by atoms with Crippen molar-refractivity contribution in [1.29, 1.82) is 0 Å². The number of benzene rings is 2. The summed E-state index contributed by atoms with van der Waals surface area (Å²) in [7, 11) is 2.01. The van der Waals surface area contributed by atoms with Crippen molar-refractivity contribution >= 4 is 77.8 Å². The number of carbonyl (C=O) groups excluding carboxylic acids is 1. The molecule has 1 heterocycles. The lowest BCUT2D eigenvalue weighted by Gasteiger charge is -2.04. The van der Waals surface area contributed by atoms with Gasteiger partial charge in [0.25, 0.3) is 0 Å². The van der Waals surface area contributed by atoms with Crippen molar-refractivity contribution in [1.82, 2.24) is 4.57 Å². The van der Waals surface area contributed by atoms with Gasteiger partial charge in [-0.15, -0.1) is 0 Å². The summed E-state index contributed by atoms with van der Waals surface area (Å²) in [4.78, 5) is 13.1. The molecule has 0 bridgehead atoms. The normalized spacial score (nSPS) is 10.6. The van der Waals surface area contributed by atoms with Gasteiger partial charge in [-0.1, -0.05) is 50.1 Å². The van der Waals surface area contributed by atoms with E-state index < -0.39 is 0 Å². The van der Waals surface area contributed by atoms with Crippen LogP contribution < -0.4 is 5.73 Å². The summed E-state index contributed by atoms with van der Waals surface area (Å²) in [5.41, 5.74) is 8.37. The molecule has 0 radical (unpaired) electrons. The third-order valence-corrected chi connectivity index (χ3v) is 4.47. The van der Waals surface area contributed by atoms with Crippen LogP contribution in [-0.2, 0) is 18.3 Å². The fourth-order valence-corrected chi connectivity index (χ4v) is 3.21. The maximum atomic E-state index is 11.2. The Morgan fingerprint density at radius 1 is 1.23 bits per heavy atom. The van der Waals surface area contributed by atoms with Crippen LogP contribution in [0.1, 0.15) is 5.56 Å². The molecule has 1 amide bonds. The molecule has 3 rings (SSSR count). The highest BCUT2D eigenvalue weighted by atomic mass is 127. The summed E-state index contributed by atoms with van der Waals surface area (Å²) in [5.74, 6) is -0.344. The maximum Gasteiger partial charge on any atom is 0.221 e. The first-order valence-corrected chi connectivity index (χ1v) is 9.82. The van der Waals surface area contributed by atoms with Crippen LogP contribution in [0.5, 0.6) is 0 Å². The van der Waals surface area contributed by atoms with Gasteiger partial charge in [0.2, 0.25) is 5.91 Å². The third-order valence-electron chi connectivity index (χ3n) is 3.50. The van der Waals surface area contributed by atoms with Crippen LogP contribution in [0.3, 0.4) is 0 Å². The molecule has 0 aliphatic heterocycles. The number of alkyl halides is 1. The number of nitrogens with zero attached hydrogens (tertiary/aromatic N) is 1. The number of aromatic nitrogens is 1. The summed E-state index contributed by atoms with van der Waals surface area (Å²) in [5, 5.41) is 2.85. The Kier molecular flexibility index (Phi) is 5.74. The molecule has 0 spiro atoms. The van der Waals surface area contributed by atoms with Crippen molar-refractivity contribution in [3.63, 3.8) is 0 Å². The van der Waals surface area contributed by atoms with Gasteiger partial charge in [0.15, 0.2) is 0 Å². The van der Waals surface area contributed by atoms with Crippen LogP contribution in [0.15, 0.2) is 34.8 Å². The van der Waals surface area contributed by atoms with E-state index in [1.54, 1.807) is 0 Å². The van der Waals surface area contributed by atoms with E-state index in [2.05, 4.69) is 43.1 Å². The SMILES string of the molecule is CI.Cn1c2ccc(Cl)cc2c2cc(CC(N)=O)c(Br)cc21. The Hall–Kier alpha value is -0.790. The van der Waals surface area contributed by atoms with Crippen LogP contribution >= 0.6 is 50.1 Å². The van der Waals surface area contributed by atoms with E-state index in [-0.39, 0.29) is 12.3 Å². The number of hydrogen-bond donors (Lipinski definition) is 1. The smallest absolute Gasteiger partial charge is 0.221 e. The molecule has 3 nitrogen and oxygen atoms in total. The zero-order chi connectivity index (χ0) is 16.4. The standard InChI is InChI=1S/C15H12BrClN2O.CH3I/c1-19-13-3-2-9(17)6-11(13)10-4-8(5-15(18)20)12(16)7-14(10)19;1-2/h2-4,6-7H,5H2,1H3,(H2,18,20);1H3. The van der Waals surface area contributed by atoms with Crippen LogP contribution in [0.4, 0.5) is 0 Å². The third kappa shape index (κ3) is 3.26. The average molecular weight is 494 g/mol. The van der Waals surface area contributed by atoms with E-state index in [1.165, 1.54) is 0 Å². The van der Waals surface area contributed by atoms with E-state index in [4.69, 9.17) is 17.3 Å². The van der Waals surface area contributed by atoms with Gasteiger partial charge in [-0.25, -0.2) is 0 Å². The molecular formula is C16H15BrClIN2O. The number of aryl methyl sites for hydroxylation is 1. The van der Waals surface area contributed by atoms with Crippen LogP contribution in [0.2, 0.25) is 5.02 Å². The van der Waals surface area contributed by atoms with Gasteiger partial charge in [0.05, 0.1) is 6.42 Å². The van der Waals surface area contributed by atoms with Gasteiger partial charge in [0, 0.05) is 38.3 Å². The quantitative estimate of drug-likeness (QED) is 0.404. The predicted molar refractivity (Wildman–Crippen MR) is 106 cm³/mol. The van der Waals surface area contributed by atoms with Gasteiger partial charge in [-0.3, -0.25) is 4.79 Å². The summed E-state index contributed by atoms with van der Waals surface area (Å²) >= 11 is 11.7. The highest BCUT2D eigenvalue weighted by Crippen LogP contribution is 2.33. The molecule has 2 N–H and O–H groups in total. The Balaban J connectivity index is 0.000000847. The van der Waals surface area contributed by atoms with Crippen molar-refractivity contribution in [2.45, 2.75) is 6.42 Å². The number of hydrogen-bond acceptors (Lipinski definition) is 1. The van der Waals surface area contributed by atoms with Gasteiger partial charge in [-0.2, -0.15) is 0 Å². The Bertz CT molecular complexity index is 860. The molecule has 1 aromatic heterocycles. The van der Waals surface area contributed by atoms with E-state index >= 15 is 0 Å². The number of amides is 1. The molecule has 0 aliphatic rings. The fraction of sp³-hybridized carbons (Fsp3) is 0.188. The molecule has 0 saturated carbocycles. The first kappa shape index (κ1) is 17.6. The van der Waals surface area contributed by atoms with E-state index in [9.17, 15) is 4.79 Å². The molecule has 2 aromatic carbocycles. The highest BCUT2D eigenvalue weighted by molar-refractivity contribution is 14.1. The van der Waals surface area contributed by atoms with Crippen LogP contribution in [0.25, 0.3) is 21.8 Å². The van der Waals surface area contributed by atoms with Crippen LogP contribution in [-0.4, -0.2) is 15.4 Å². The number of rotatable bonds is 2. The molecule has 0 aliphatic carbocycles. The summed E-state index contributed by atoms with van der Waals surface area (Å²) < 4.78 is 3.00. The number of primary amides is 1. The van der Waals surface area contributed by atoms with Crippen LogP contribution in [0, 0.1) is 0 Å². The number of carbonyl (C=O) groups is 1. The van der Waals surface area contributed by atoms with Crippen molar-refractivity contribution in [2.24, 2.45) is 12.8 Å². The zero-order valence-corrected chi connectivity index (χ0v) is 16.7. The second-order valence-corrected chi connectivity index (χ2v) is 6.12. The first-order valence-electron chi connectivity index (χ1n) is 6.49. The van der Waals surface area contributed by atoms with Gasteiger partial charge in [0.1, 0.15) is 0 Å². The van der Waals surface area contributed by atoms with E-state index in [0.29, 0.717) is 5.02 Å². The summed E-state index contributed by atoms with van der Waals surface area (Å²) in [6, 6.07) is 9.84. The van der Waals surface area contributed by atoms with E-state index in [0.717, 1.165) is 31.8 Å². The van der Waals surface area contributed by atoms with Crippen molar-refractivity contribution in [3.05, 3.63) is 45.4 Å². The Labute approximate surface area is 156 Å². The van der Waals surface area contributed by atoms with E-state index in [1.807, 2.05) is 42.3 Å². The van der Waals surface area contributed by atoms with Crippen molar-refractivity contribution in [2.75, 3.05) is 4.93 Å². The first-order chi connectivity index (χ1) is 10.5. The number of halogens is 3. The maximum absolute atomic E-state index is 11.2. The number of nitrogens with two attached hydrogens (primary N) is 1. The van der Waals surface area contributed by atoms with Gasteiger partial charge < -0.3 is 10.3 Å². The molecule has 0 atom stereocenters. The molecule has 22 heavy (non-hydrogen) atoms. The molecule has 0 unspecified atom stereocenters. The summed E-state index contributed by atoms with van der Waals surface area (Å²) in [6.07, 6.45) is 0.216. The minimum absolute atomic E-state index is 0.216. The molecular weight excluding hydrogens is 478 g/mol. The lowest BCUT2D eigenvalue weighted by atomic mass is 10.1. The Morgan fingerprint density at radius 3 is 2.50 bits per heavy atom. The van der Waals surface area contributed by atoms with Gasteiger partial charge >= 0.3 is 0 Å². The molecule has 116 valence electrons. The summed E-state index contributed by atoms with van der Waals surface area (Å²) in [6.45, 7) is 0. The second kappa shape index (κ2) is 7.19. The molecule has 0 fully saturated rings. The molecule has 0 saturated heterocycles. The molecule has 6 heteroatoms. The van der Waals surface area contributed by atoms with Crippen molar-refractivity contribution in [3.8, 4) is 0 Å². The number of fused-ring (bicyclic) bond motifs is 3. The lowest BCUT2D eigenvalue weighted by Crippen LogP contribution is -2.13. The lowest BCUT2D eigenvalue weighted by molar-refractivity contribution is -0.117. The Morgan fingerprint density at radius 2 is 1.86 bits per heavy atom. The highest BCUT2D eigenvalue weighted by Gasteiger charge is 2.12. The predicted octanol–water partition coefficient (Wildman–Crippen LogP) is 4.83. The minimum Gasteiger partial charge on any atom is -0.369 e. The van der Waals surface area contributed by atoms with Gasteiger partial charge in [-0.05, 0) is 40.8 Å². The largest absolute Gasteiger partial charge is 0.369 e. The van der Waals surface area contributed by atoms with Crippen molar-refractivity contribution < 1.29 is 4.79 Å².